The van der Waals surface area contributed by atoms with Gasteiger partial charge in [-0.1, -0.05) is 36.4 Å². The number of fused-ring (bicyclic) bond motifs is 1. The molecule has 5 nitrogen and oxygen atoms in total. The zero-order chi connectivity index (χ0) is 22.5. The Morgan fingerprint density at radius 2 is 1.75 bits per heavy atom. The summed E-state index contributed by atoms with van der Waals surface area (Å²) in [5.41, 5.74) is 5.55. The van der Waals surface area contributed by atoms with Gasteiger partial charge in [0.15, 0.2) is 11.5 Å². The Morgan fingerprint density at radius 1 is 1.00 bits per heavy atom. The highest BCUT2D eigenvalue weighted by Crippen LogP contribution is 2.30. The molecule has 0 bridgehead atoms. The molecule has 0 aliphatic carbocycles. The molecule has 1 atom stereocenters. The number of aryl methyl sites for hydroxylation is 1. The van der Waals surface area contributed by atoms with Gasteiger partial charge in [-0.2, -0.15) is 0 Å². The van der Waals surface area contributed by atoms with E-state index in [1.807, 2.05) is 49.4 Å². The highest BCUT2D eigenvalue weighted by Gasteiger charge is 2.17. The number of nitrogens with one attached hydrogen (secondary N) is 1. The summed E-state index contributed by atoms with van der Waals surface area (Å²) in [4.78, 5) is 15.2. The van der Waals surface area contributed by atoms with E-state index in [1.54, 1.807) is 14.2 Å². The summed E-state index contributed by atoms with van der Waals surface area (Å²) in [6, 6.07) is 22.1. The van der Waals surface area contributed by atoms with E-state index in [-0.39, 0.29) is 11.9 Å². The molecule has 1 heterocycles. The van der Waals surface area contributed by atoms with Crippen LogP contribution in [0.4, 0.5) is 5.69 Å². The maximum Gasteiger partial charge on any atom is 0.251 e. The van der Waals surface area contributed by atoms with Crippen LogP contribution in [-0.4, -0.2) is 26.7 Å². The molecule has 0 fully saturated rings. The summed E-state index contributed by atoms with van der Waals surface area (Å²) in [7, 11) is 3.21. The Balaban J connectivity index is 1.40. The third kappa shape index (κ3) is 4.72. The number of hydrogen-bond acceptors (Lipinski definition) is 4. The third-order valence-corrected chi connectivity index (χ3v) is 6.05. The van der Waals surface area contributed by atoms with Gasteiger partial charge in [-0.25, -0.2) is 0 Å². The van der Waals surface area contributed by atoms with Gasteiger partial charge in [0.25, 0.3) is 5.91 Å². The van der Waals surface area contributed by atoms with Crippen molar-refractivity contribution in [3.8, 4) is 11.5 Å². The van der Waals surface area contributed by atoms with Crippen LogP contribution in [0, 0.1) is 0 Å². The Morgan fingerprint density at radius 3 is 2.50 bits per heavy atom. The molecule has 5 heteroatoms. The monoisotopic (exact) mass is 430 g/mol. The lowest BCUT2D eigenvalue weighted by Crippen LogP contribution is -2.29. The van der Waals surface area contributed by atoms with Crippen molar-refractivity contribution in [2.45, 2.75) is 32.4 Å². The van der Waals surface area contributed by atoms with Gasteiger partial charge in [-0.3, -0.25) is 4.79 Å². The molecule has 3 aromatic carbocycles. The molecule has 1 amide bonds. The average molecular weight is 431 g/mol. The summed E-state index contributed by atoms with van der Waals surface area (Å²) in [5, 5.41) is 3.07. The van der Waals surface area contributed by atoms with Gasteiger partial charge in [0, 0.05) is 24.3 Å². The summed E-state index contributed by atoms with van der Waals surface area (Å²) >= 11 is 0. The van der Waals surface area contributed by atoms with Crippen molar-refractivity contribution < 1.29 is 14.3 Å². The minimum absolute atomic E-state index is 0.0952. The standard InChI is InChI=1S/C27H30N2O3/c1-19(23-14-15-25(31-2)26(17-23)32-3)28-27(30)22-12-10-20(11-13-22)18-29-16-6-8-21-7-4-5-9-24(21)29/h4-5,7,9-15,17,19H,6,8,16,18H2,1-3H3,(H,28,30). The summed E-state index contributed by atoms with van der Waals surface area (Å²) in [5.74, 6) is 1.22. The minimum atomic E-state index is -0.160. The van der Waals surface area contributed by atoms with E-state index in [1.165, 1.54) is 23.2 Å². The Kier molecular flexibility index (Phi) is 6.64. The molecule has 4 rings (SSSR count). The Bertz CT molecular complexity index is 1080. The second kappa shape index (κ2) is 9.77. The van der Waals surface area contributed by atoms with E-state index in [0.29, 0.717) is 17.1 Å². The lowest BCUT2D eigenvalue weighted by Gasteiger charge is -2.31. The minimum Gasteiger partial charge on any atom is -0.493 e. The number of para-hydroxylation sites is 1. The van der Waals surface area contributed by atoms with E-state index in [9.17, 15) is 4.79 Å². The summed E-state index contributed by atoms with van der Waals surface area (Å²) < 4.78 is 10.7. The maximum atomic E-state index is 12.8. The number of carbonyl (C=O) groups is 1. The number of nitrogens with zero attached hydrogens (tertiary/aromatic N) is 1. The number of rotatable bonds is 7. The first-order valence-corrected chi connectivity index (χ1v) is 11.0. The first-order valence-electron chi connectivity index (χ1n) is 11.0. The molecule has 32 heavy (non-hydrogen) atoms. The topological polar surface area (TPSA) is 50.8 Å². The zero-order valence-corrected chi connectivity index (χ0v) is 18.9. The van der Waals surface area contributed by atoms with Gasteiger partial charge in [0.2, 0.25) is 0 Å². The number of anilines is 1. The smallest absolute Gasteiger partial charge is 0.251 e. The van der Waals surface area contributed by atoms with Crippen molar-refractivity contribution in [3.63, 3.8) is 0 Å². The van der Waals surface area contributed by atoms with Crippen LogP contribution >= 0.6 is 0 Å². The molecule has 3 aromatic rings. The van der Waals surface area contributed by atoms with Crippen LogP contribution in [0.1, 0.15) is 46.4 Å². The number of ether oxygens (including phenoxy) is 2. The quantitative estimate of drug-likeness (QED) is 0.563. The first-order chi connectivity index (χ1) is 15.6. The van der Waals surface area contributed by atoms with Crippen LogP contribution in [0.5, 0.6) is 11.5 Å². The van der Waals surface area contributed by atoms with Crippen LogP contribution in [0.25, 0.3) is 0 Å². The lowest BCUT2D eigenvalue weighted by molar-refractivity contribution is 0.0940. The SMILES string of the molecule is COc1ccc(C(C)NC(=O)c2ccc(CN3CCCc4ccccc43)cc2)cc1OC. The zero-order valence-electron chi connectivity index (χ0n) is 18.9. The van der Waals surface area contributed by atoms with Gasteiger partial charge in [-0.15, -0.1) is 0 Å². The second-order valence-corrected chi connectivity index (χ2v) is 8.16. The fourth-order valence-corrected chi connectivity index (χ4v) is 4.24. The molecule has 1 aliphatic rings. The molecular formula is C27H30N2O3. The Labute approximate surface area is 190 Å². The van der Waals surface area contributed by atoms with Crippen molar-refractivity contribution in [2.24, 2.45) is 0 Å². The van der Waals surface area contributed by atoms with E-state index in [4.69, 9.17) is 9.47 Å². The molecule has 0 saturated heterocycles. The fraction of sp³-hybridized carbons (Fsp3) is 0.296. The molecule has 0 spiro atoms. The second-order valence-electron chi connectivity index (χ2n) is 8.16. The van der Waals surface area contributed by atoms with Gasteiger partial charge in [0.1, 0.15) is 0 Å². The van der Waals surface area contributed by atoms with Crippen molar-refractivity contribution in [2.75, 3.05) is 25.7 Å². The lowest BCUT2D eigenvalue weighted by atomic mass is 10.0. The van der Waals surface area contributed by atoms with E-state index >= 15 is 0 Å². The summed E-state index contributed by atoms with van der Waals surface area (Å²) in [6.45, 7) is 3.87. The highest BCUT2D eigenvalue weighted by atomic mass is 16.5. The van der Waals surface area contributed by atoms with Gasteiger partial charge in [0.05, 0.1) is 20.3 Å². The van der Waals surface area contributed by atoms with Crippen molar-refractivity contribution in [3.05, 3.63) is 89.0 Å². The van der Waals surface area contributed by atoms with Gasteiger partial charge < -0.3 is 19.7 Å². The molecule has 1 N–H and O–H groups in total. The van der Waals surface area contributed by atoms with Crippen LogP contribution < -0.4 is 19.7 Å². The van der Waals surface area contributed by atoms with Crippen LogP contribution in [-0.2, 0) is 13.0 Å². The van der Waals surface area contributed by atoms with Crippen LogP contribution in [0.15, 0.2) is 66.7 Å². The number of hydrogen-bond donors (Lipinski definition) is 1. The summed E-state index contributed by atoms with van der Waals surface area (Å²) in [6.07, 6.45) is 2.32. The first kappa shape index (κ1) is 21.8. The van der Waals surface area contributed by atoms with Crippen molar-refractivity contribution in [1.29, 1.82) is 0 Å². The molecular weight excluding hydrogens is 400 g/mol. The van der Waals surface area contributed by atoms with E-state index in [2.05, 4.69) is 34.5 Å². The largest absolute Gasteiger partial charge is 0.493 e. The van der Waals surface area contributed by atoms with Crippen LogP contribution in [0.3, 0.4) is 0 Å². The normalized spacial score (nSPS) is 13.8. The molecule has 1 unspecified atom stereocenters. The molecule has 0 radical (unpaired) electrons. The van der Waals surface area contributed by atoms with Crippen molar-refractivity contribution in [1.82, 2.24) is 5.32 Å². The third-order valence-electron chi connectivity index (χ3n) is 6.05. The fourth-order valence-electron chi connectivity index (χ4n) is 4.24. The number of amides is 1. The Hall–Kier alpha value is -3.47. The number of methoxy groups -OCH3 is 2. The van der Waals surface area contributed by atoms with E-state index < -0.39 is 0 Å². The van der Waals surface area contributed by atoms with E-state index in [0.717, 1.165) is 25.1 Å². The molecule has 0 saturated carbocycles. The predicted molar refractivity (Wildman–Crippen MR) is 128 cm³/mol. The van der Waals surface area contributed by atoms with Crippen LogP contribution in [0.2, 0.25) is 0 Å². The number of carbonyl (C=O) groups excluding carboxylic acids is 1. The maximum absolute atomic E-state index is 12.8. The van der Waals surface area contributed by atoms with Gasteiger partial charge in [-0.05, 0) is 66.8 Å². The number of benzene rings is 3. The predicted octanol–water partition coefficient (Wildman–Crippen LogP) is 5.15. The molecule has 0 aromatic heterocycles. The molecule has 166 valence electrons. The molecule has 1 aliphatic heterocycles. The highest BCUT2D eigenvalue weighted by molar-refractivity contribution is 5.94. The average Bonchev–Trinajstić information content (AvgIpc) is 2.84. The van der Waals surface area contributed by atoms with Gasteiger partial charge >= 0.3 is 0 Å². The van der Waals surface area contributed by atoms with Crippen molar-refractivity contribution >= 4 is 11.6 Å².